The number of hydrogen-bond donors (Lipinski definition) is 6. The molecule has 12 heterocycles. The van der Waals surface area contributed by atoms with Gasteiger partial charge in [-0.2, -0.15) is 9.97 Å². The molecule has 0 atom stereocenters. The molecule has 0 aliphatic carbocycles. The van der Waals surface area contributed by atoms with Gasteiger partial charge < -0.3 is 60.6 Å². The normalized spacial score (nSPS) is 10.0. The average molecular weight is 1960 g/mol. The first-order valence-electron chi connectivity index (χ1n) is 43.0. The highest BCUT2D eigenvalue weighted by Crippen LogP contribution is 2.32. The molecule has 714 valence electrons. The SMILES string of the molecule is C#Cc1cccc(C(=O)Nc2cc(N(C)c3cncnc3)cc(Cl)n2)c1.C#Cc1cccc(C(=O)Nc2cncc(Oc3cccnc3)c2)c1.C#Cc1cccc(C(=O)Nc2cncc(Oc3cncnc3)n2)c1.Cc1cccc(C(=O)Nc2cc(N(C)c3cncnc3)cc(Cl)n2)c1.Cc1cccc(C(=O)Nc2cncc(Oc3cncnc3)c2)c1.Cc1cccc(C(=O)Nc2cncc(Oc3cncnc3)n2)c1. The van der Waals surface area contributed by atoms with Gasteiger partial charge in [-0.1, -0.05) is 112 Å². The third-order valence-corrected chi connectivity index (χ3v) is 19.6. The van der Waals surface area contributed by atoms with E-state index in [-0.39, 0.29) is 63.3 Å². The number of carbonyl (C=O) groups excluding carboxylic acids is 6. The Morgan fingerprint density at radius 1 is 0.269 bits per heavy atom. The number of hydrogen-bond acceptors (Lipinski definition) is 31. The second-order valence-electron chi connectivity index (χ2n) is 30.0. The van der Waals surface area contributed by atoms with Crippen LogP contribution in [0.15, 0.2) is 350 Å². The lowest BCUT2D eigenvalue weighted by Gasteiger charge is -2.19. The number of nitrogens with zero attached hydrogens (tertiary/aromatic N) is 21. The minimum Gasteiger partial charge on any atom is -0.454 e. The van der Waals surface area contributed by atoms with Crippen molar-refractivity contribution in [2.24, 2.45) is 0 Å². The average Bonchev–Trinajstić information content (AvgIpc) is 0.799. The van der Waals surface area contributed by atoms with Crippen molar-refractivity contribution in [1.82, 2.24) is 94.7 Å². The lowest BCUT2D eigenvalue weighted by molar-refractivity contribution is 0.101. The minimum absolute atomic E-state index is 0.198. The summed E-state index contributed by atoms with van der Waals surface area (Å²) in [5.74, 6) is 10.5. The molecule has 0 unspecified atom stereocenters. The number of aryl methyl sites for hydroxylation is 3. The molecular formula is C106H81Cl2N27O10. The summed E-state index contributed by atoms with van der Waals surface area (Å²) in [4.78, 5) is 153. The number of nitrogens with one attached hydrogen (secondary N) is 6. The molecule has 0 radical (unpaired) electrons. The summed E-state index contributed by atoms with van der Waals surface area (Å²) in [5, 5.41) is 16.9. The fourth-order valence-corrected chi connectivity index (χ4v) is 12.8. The fourth-order valence-electron chi connectivity index (χ4n) is 12.4. The van der Waals surface area contributed by atoms with Crippen LogP contribution in [0.2, 0.25) is 10.3 Å². The highest BCUT2D eigenvalue weighted by atomic mass is 35.5. The Hall–Kier alpha value is -20.5. The monoisotopic (exact) mass is 1960 g/mol. The quantitative estimate of drug-likeness (QED) is 0.0242. The van der Waals surface area contributed by atoms with Crippen molar-refractivity contribution in [2.45, 2.75) is 20.8 Å². The number of terminal acetylenes is 3. The Labute approximate surface area is 840 Å². The van der Waals surface area contributed by atoms with Crippen LogP contribution in [0.5, 0.6) is 46.3 Å². The van der Waals surface area contributed by atoms with Gasteiger partial charge in [0.25, 0.3) is 35.4 Å². The van der Waals surface area contributed by atoms with Gasteiger partial charge in [-0.15, -0.1) is 19.3 Å². The summed E-state index contributed by atoms with van der Waals surface area (Å²) >= 11 is 12.2. The van der Waals surface area contributed by atoms with Crippen molar-refractivity contribution in [3.63, 3.8) is 0 Å². The topological polar surface area (TPSA) is 463 Å². The maximum atomic E-state index is 12.4. The molecule has 0 bridgehead atoms. The first kappa shape index (κ1) is 102. The van der Waals surface area contributed by atoms with Crippen molar-refractivity contribution in [3.8, 4) is 83.3 Å². The van der Waals surface area contributed by atoms with E-state index in [9.17, 15) is 28.8 Å². The number of carbonyl (C=O) groups is 6. The van der Waals surface area contributed by atoms with Crippen LogP contribution in [0.25, 0.3) is 0 Å². The van der Waals surface area contributed by atoms with Gasteiger partial charge in [0.05, 0.1) is 140 Å². The number of amides is 6. The maximum absolute atomic E-state index is 12.4. The van der Waals surface area contributed by atoms with E-state index in [0.29, 0.717) is 113 Å². The molecule has 18 rings (SSSR count). The molecule has 0 saturated heterocycles. The van der Waals surface area contributed by atoms with Crippen LogP contribution in [0.1, 0.15) is 95.5 Å². The summed E-state index contributed by atoms with van der Waals surface area (Å²) in [5.41, 5.74) is 12.1. The van der Waals surface area contributed by atoms with Gasteiger partial charge in [0.2, 0.25) is 11.8 Å². The Balaban J connectivity index is 0.000000146. The van der Waals surface area contributed by atoms with Crippen LogP contribution in [0.4, 0.5) is 57.4 Å². The van der Waals surface area contributed by atoms with Crippen LogP contribution < -0.4 is 60.6 Å². The highest BCUT2D eigenvalue weighted by molar-refractivity contribution is 6.30. The molecule has 37 nitrogen and oxygen atoms in total. The van der Waals surface area contributed by atoms with Gasteiger partial charge in [-0.3, -0.25) is 53.7 Å². The first-order valence-corrected chi connectivity index (χ1v) is 43.8. The van der Waals surface area contributed by atoms with Crippen molar-refractivity contribution in [2.75, 3.05) is 55.8 Å². The second kappa shape index (κ2) is 52.2. The molecule has 0 saturated carbocycles. The van der Waals surface area contributed by atoms with E-state index in [1.807, 2.05) is 93.2 Å². The molecule has 6 aromatic carbocycles. The molecule has 0 fully saturated rings. The van der Waals surface area contributed by atoms with E-state index in [1.54, 1.807) is 220 Å². The van der Waals surface area contributed by atoms with Crippen LogP contribution in [-0.4, -0.2) is 144 Å². The number of anilines is 10. The van der Waals surface area contributed by atoms with Crippen LogP contribution >= 0.6 is 23.2 Å². The molecule has 0 aliphatic heterocycles. The van der Waals surface area contributed by atoms with Crippen molar-refractivity contribution >= 4 is 116 Å². The molecule has 145 heavy (non-hydrogen) atoms. The van der Waals surface area contributed by atoms with Crippen LogP contribution in [0, 0.1) is 57.8 Å². The smallest absolute Gasteiger partial charge is 0.256 e. The van der Waals surface area contributed by atoms with Crippen molar-refractivity contribution in [1.29, 1.82) is 0 Å². The highest BCUT2D eigenvalue weighted by Gasteiger charge is 2.19. The van der Waals surface area contributed by atoms with E-state index < -0.39 is 0 Å². The Bertz CT molecular complexity index is 7370. The zero-order valence-corrected chi connectivity index (χ0v) is 78.9. The predicted octanol–water partition coefficient (Wildman–Crippen LogP) is 19.0. The summed E-state index contributed by atoms with van der Waals surface area (Å²) < 4.78 is 22.2. The number of benzene rings is 6. The summed E-state index contributed by atoms with van der Waals surface area (Å²) in [6.07, 6.45) is 54.2. The molecule has 6 amide bonds. The van der Waals surface area contributed by atoms with Gasteiger partial charge in [0.15, 0.2) is 28.9 Å². The summed E-state index contributed by atoms with van der Waals surface area (Å²) in [6, 6.07) is 56.1. The number of pyridine rings is 5. The van der Waals surface area contributed by atoms with E-state index in [4.69, 9.17) is 61.4 Å². The Kier molecular flexibility index (Phi) is 36.7. The van der Waals surface area contributed by atoms with Crippen molar-refractivity contribution < 1.29 is 47.7 Å². The summed E-state index contributed by atoms with van der Waals surface area (Å²) in [6.45, 7) is 5.80. The van der Waals surface area contributed by atoms with Crippen LogP contribution in [0.3, 0.4) is 0 Å². The first-order chi connectivity index (χ1) is 70.5. The van der Waals surface area contributed by atoms with E-state index in [0.717, 1.165) is 39.4 Å². The number of ether oxygens (including phenoxy) is 4. The largest absolute Gasteiger partial charge is 0.454 e. The Morgan fingerprint density at radius 3 is 0.903 bits per heavy atom. The van der Waals surface area contributed by atoms with Gasteiger partial charge in [-0.05, 0) is 136 Å². The molecule has 39 heteroatoms. The third-order valence-electron chi connectivity index (χ3n) is 19.2. The van der Waals surface area contributed by atoms with E-state index in [1.165, 1.54) is 81.2 Å². The molecular weight excluding hydrogens is 1880 g/mol. The molecule has 12 aromatic heterocycles. The van der Waals surface area contributed by atoms with E-state index in [2.05, 4.69) is 144 Å². The van der Waals surface area contributed by atoms with E-state index >= 15 is 0 Å². The minimum atomic E-state index is -0.346. The van der Waals surface area contributed by atoms with Crippen LogP contribution in [-0.2, 0) is 0 Å². The summed E-state index contributed by atoms with van der Waals surface area (Å²) in [7, 11) is 3.70. The lowest BCUT2D eigenvalue weighted by Crippen LogP contribution is -2.15. The lowest BCUT2D eigenvalue weighted by atomic mass is 10.1. The zero-order chi connectivity index (χ0) is 102. The van der Waals surface area contributed by atoms with Gasteiger partial charge in [0.1, 0.15) is 70.8 Å². The maximum Gasteiger partial charge on any atom is 0.256 e. The van der Waals surface area contributed by atoms with Gasteiger partial charge >= 0.3 is 0 Å². The van der Waals surface area contributed by atoms with Gasteiger partial charge in [0, 0.05) is 106 Å². The standard InChI is InChI=1S/C19H14ClN5O.C19H13N3O2.C18H16ClN5O.C17H11N5O2.C17H14N4O2.C16H13N5O2/c1-3-13-5-4-6-14(7-13)19(26)24-18-9-15(8-17(20)23-18)25(2)16-10-21-12-22-11-16;1-2-14-5-3-6-15(9-14)19(23)22-16-10-18(13-21-11-16)24-17-7-4-8-20-12-17;1-12-4-3-5-13(6-12)18(25)23-17-8-14(7-16(19)22-17)24(2)15-9-20-11-21-10-15;1-2-12-4-3-5-13(6-12)17(23)22-15-9-18-10-16(21-15)24-14-7-19-11-20-8-14;1-12-3-2-4-13(5-12)17(22)21-14-6-15(8-18-7-14)23-16-9-19-11-20-10-16;1-11-3-2-4-12(5-11)16(22)21-14-8-17-9-15(20-14)23-13-6-18-10-19-7-13/h1,4-12H,2H3,(H,23,24,26);1,3-13H,(H,22,23);3-11H,1-2H3,(H,22,23,25);1,3-11H,(H,21,22,23);2-11H,1H3,(H,21,22);2-10H,1H3,(H,20,21,22). The third kappa shape index (κ3) is 32.3. The fraction of sp³-hybridized carbons (Fsp3) is 0.0472. The zero-order valence-electron chi connectivity index (χ0n) is 77.4. The number of rotatable bonds is 24. The predicted molar refractivity (Wildman–Crippen MR) is 546 cm³/mol. The molecule has 0 aliphatic rings. The Morgan fingerprint density at radius 2 is 0.566 bits per heavy atom. The van der Waals surface area contributed by atoms with Crippen molar-refractivity contribution in [3.05, 3.63) is 427 Å². The molecule has 6 N–H and O–H groups in total. The molecule has 0 spiro atoms. The number of aromatic nitrogens is 19. The second-order valence-corrected chi connectivity index (χ2v) is 30.8. The van der Waals surface area contributed by atoms with Gasteiger partial charge in [-0.25, -0.2) is 59.8 Å². The molecule has 18 aromatic rings. The number of halogens is 2.